The molecule has 6 nitrogen and oxygen atoms in total. The maximum atomic E-state index is 13.0. The van der Waals surface area contributed by atoms with Crippen LogP contribution in [0.5, 0.6) is 0 Å². The van der Waals surface area contributed by atoms with Crippen LogP contribution in [0.4, 0.5) is 0 Å². The van der Waals surface area contributed by atoms with Crippen molar-refractivity contribution in [2.24, 2.45) is 0 Å². The summed E-state index contributed by atoms with van der Waals surface area (Å²) in [7, 11) is 0. The highest BCUT2D eigenvalue weighted by molar-refractivity contribution is 5.71. The molecule has 0 aliphatic rings. The van der Waals surface area contributed by atoms with Gasteiger partial charge in [-0.05, 0) is 116 Å². The van der Waals surface area contributed by atoms with Crippen molar-refractivity contribution in [2.75, 3.05) is 13.2 Å². The summed E-state index contributed by atoms with van der Waals surface area (Å²) in [5.41, 5.74) is 0. The van der Waals surface area contributed by atoms with Crippen LogP contribution in [0, 0.1) is 0 Å². The lowest BCUT2D eigenvalue weighted by Gasteiger charge is -2.18. The lowest BCUT2D eigenvalue weighted by molar-refractivity contribution is -0.167. The predicted molar refractivity (Wildman–Crippen MR) is 362 cm³/mol. The van der Waals surface area contributed by atoms with Crippen molar-refractivity contribution in [1.29, 1.82) is 0 Å². The second-order valence-corrected chi connectivity index (χ2v) is 24.1. The van der Waals surface area contributed by atoms with Gasteiger partial charge in [-0.15, -0.1) is 0 Å². The van der Waals surface area contributed by atoms with E-state index in [4.69, 9.17) is 14.2 Å². The Morgan fingerprint density at radius 1 is 0.253 bits per heavy atom. The minimum absolute atomic E-state index is 0.0760. The Kier molecular flexibility index (Phi) is 68.2. The summed E-state index contributed by atoms with van der Waals surface area (Å²) in [6.07, 6.45) is 94.6. The van der Waals surface area contributed by atoms with Gasteiger partial charge in [0.25, 0.3) is 0 Å². The lowest BCUT2D eigenvalue weighted by atomic mass is 10.0. The highest BCUT2D eigenvalue weighted by Crippen LogP contribution is 2.17. The van der Waals surface area contributed by atoms with Crippen LogP contribution in [0.1, 0.15) is 367 Å². The van der Waals surface area contributed by atoms with Gasteiger partial charge in [-0.1, -0.05) is 318 Å². The molecule has 0 fully saturated rings. The summed E-state index contributed by atoms with van der Waals surface area (Å²) >= 11 is 0. The summed E-state index contributed by atoms with van der Waals surface area (Å²) in [4.78, 5) is 38.5. The fraction of sp³-hybridized carbons (Fsp3) is 0.779. The SMILES string of the molecule is CC/C=C\C/C=C\C/C=C\C/C=C\C/C=C\CCCCCCCCCCCCCCCC(=O)OCC(COC(=O)CCCCCCCCC/C=C\CCCCCCCC)OC(=O)CCCCCCCCCCC/C=C\CCCCCCCC. The molecule has 0 heterocycles. The maximum Gasteiger partial charge on any atom is 0.306 e. The molecule has 0 saturated carbocycles. The zero-order valence-corrected chi connectivity index (χ0v) is 55.2. The Morgan fingerprint density at radius 2 is 0.470 bits per heavy atom. The van der Waals surface area contributed by atoms with Gasteiger partial charge in [0.1, 0.15) is 13.2 Å². The fourth-order valence-electron chi connectivity index (χ4n) is 10.5. The monoisotopic (exact) mass is 1160 g/mol. The van der Waals surface area contributed by atoms with E-state index in [1.807, 2.05) is 0 Å². The molecule has 0 aromatic heterocycles. The molecule has 0 aromatic carbocycles. The van der Waals surface area contributed by atoms with Gasteiger partial charge < -0.3 is 14.2 Å². The molecule has 0 N–H and O–H groups in total. The molecule has 1 atom stereocenters. The number of rotatable bonds is 66. The van der Waals surface area contributed by atoms with Crippen LogP contribution in [-0.2, 0) is 28.6 Å². The van der Waals surface area contributed by atoms with E-state index in [0.29, 0.717) is 19.3 Å². The molecule has 0 rings (SSSR count). The summed E-state index contributed by atoms with van der Waals surface area (Å²) in [6.45, 7) is 6.57. The first-order valence-electron chi connectivity index (χ1n) is 36.1. The van der Waals surface area contributed by atoms with Crippen molar-refractivity contribution in [3.05, 3.63) is 85.1 Å². The van der Waals surface area contributed by atoms with Crippen LogP contribution in [0.25, 0.3) is 0 Å². The molecule has 0 amide bonds. The van der Waals surface area contributed by atoms with Crippen LogP contribution in [0.2, 0.25) is 0 Å². The van der Waals surface area contributed by atoms with E-state index < -0.39 is 6.10 Å². The van der Waals surface area contributed by atoms with Gasteiger partial charge in [0.15, 0.2) is 6.10 Å². The molecular formula is C77H136O6. The molecule has 0 spiro atoms. The quantitative estimate of drug-likeness (QED) is 0.0261. The summed E-state index contributed by atoms with van der Waals surface area (Å²) in [5, 5.41) is 0. The van der Waals surface area contributed by atoms with Crippen LogP contribution in [0.3, 0.4) is 0 Å². The van der Waals surface area contributed by atoms with Gasteiger partial charge >= 0.3 is 17.9 Å². The number of ether oxygens (including phenoxy) is 3. The molecule has 0 saturated heterocycles. The van der Waals surface area contributed by atoms with Crippen LogP contribution in [-0.4, -0.2) is 37.2 Å². The second-order valence-electron chi connectivity index (χ2n) is 24.1. The highest BCUT2D eigenvalue weighted by Gasteiger charge is 2.19. The van der Waals surface area contributed by atoms with Gasteiger partial charge in [-0.3, -0.25) is 14.4 Å². The van der Waals surface area contributed by atoms with Crippen LogP contribution >= 0.6 is 0 Å². The van der Waals surface area contributed by atoms with Crippen molar-refractivity contribution in [3.63, 3.8) is 0 Å². The highest BCUT2D eigenvalue weighted by atomic mass is 16.6. The molecule has 6 heteroatoms. The van der Waals surface area contributed by atoms with E-state index in [-0.39, 0.29) is 31.1 Å². The summed E-state index contributed by atoms with van der Waals surface area (Å²) in [5.74, 6) is -0.863. The summed E-state index contributed by atoms with van der Waals surface area (Å²) in [6, 6.07) is 0. The Labute approximate surface area is 515 Å². The number of carbonyl (C=O) groups is 3. The van der Waals surface area contributed by atoms with Gasteiger partial charge in [-0.2, -0.15) is 0 Å². The van der Waals surface area contributed by atoms with Crippen molar-refractivity contribution in [1.82, 2.24) is 0 Å². The van der Waals surface area contributed by atoms with Gasteiger partial charge in [0, 0.05) is 19.3 Å². The maximum absolute atomic E-state index is 13.0. The van der Waals surface area contributed by atoms with E-state index in [2.05, 4.69) is 106 Å². The second kappa shape index (κ2) is 71.1. The zero-order valence-electron chi connectivity index (χ0n) is 55.2. The largest absolute Gasteiger partial charge is 0.462 e. The number of allylic oxidation sites excluding steroid dienone is 14. The van der Waals surface area contributed by atoms with Crippen LogP contribution < -0.4 is 0 Å². The van der Waals surface area contributed by atoms with E-state index >= 15 is 0 Å². The first-order chi connectivity index (χ1) is 41.0. The number of esters is 3. The molecule has 0 bridgehead atoms. The van der Waals surface area contributed by atoms with Gasteiger partial charge in [0.05, 0.1) is 0 Å². The van der Waals surface area contributed by atoms with E-state index in [0.717, 1.165) is 89.9 Å². The normalized spacial score (nSPS) is 12.6. The van der Waals surface area contributed by atoms with Crippen molar-refractivity contribution in [3.8, 4) is 0 Å². The molecule has 0 radical (unpaired) electrons. The zero-order chi connectivity index (χ0) is 59.9. The fourth-order valence-corrected chi connectivity index (χ4v) is 10.5. The molecule has 0 aliphatic carbocycles. The first-order valence-corrected chi connectivity index (χ1v) is 36.1. The van der Waals surface area contributed by atoms with Gasteiger partial charge in [0.2, 0.25) is 0 Å². The van der Waals surface area contributed by atoms with Crippen molar-refractivity contribution in [2.45, 2.75) is 374 Å². The van der Waals surface area contributed by atoms with Crippen LogP contribution in [0.15, 0.2) is 85.1 Å². The number of carbonyl (C=O) groups excluding carboxylic acids is 3. The summed E-state index contributed by atoms with van der Waals surface area (Å²) < 4.78 is 17.0. The molecule has 0 aromatic rings. The smallest absolute Gasteiger partial charge is 0.306 e. The Hall–Kier alpha value is -3.41. The molecule has 0 aliphatic heterocycles. The standard InChI is InChI=1S/C77H136O6/c1-4-7-10-13-16-19-22-25-28-31-33-34-35-36-37-38-39-40-41-42-44-46-49-52-55-58-61-64-67-70-76(79)82-73-74(72-81-75(78)69-66-63-60-57-54-51-48-45-30-27-24-21-18-15-12-9-6-3)83-77(80)71-68-65-62-59-56-53-50-47-43-32-29-26-23-20-17-14-11-8-5-2/h7,10,16,19,25-30,33-34,36-37,74H,4-6,8-9,11-15,17-18,20-24,31-32,35,38-73H2,1-3H3/b10-7-,19-16-,28-25-,29-26-,30-27-,34-33-,37-36-. The molecular weight excluding hydrogens is 1020 g/mol. The topological polar surface area (TPSA) is 78.9 Å². The number of hydrogen-bond donors (Lipinski definition) is 0. The lowest BCUT2D eigenvalue weighted by Crippen LogP contribution is -2.30. The number of unbranched alkanes of at least 4 members (excludes halogenated alkanes) is 41. The minimum atomic E-state index is -0.781. The third-order valence-corrected chi connectivity index (χ3v) is 15.9. The molecule has 83 heavy (non-hydrogen) atoms. The first kappa shape index (κ1) is 79.6. The average Bonchev–Trinajstić information content (AvgIpc) is 3.49. The van der Waals surface area contributed by atoms with Gasteiger partial charge in [-0.25, -0.2) is 0 Å². The molecule has 480 valence electrons. The van der Waals surface area contributed by atoms with Crippen molar-refractivity contribution < 1.29 is 28.6 Å². The van der Waals surface area contributed by atoms with Crippen molar-refractivity contribution >= 4 is 17.9 Å². The van der Waals surface area contributed by atoms with E-state index in [1.54, 1.807) is 0 Å². The van der Waals surface area contributed by atoms with E-state index in [9.17, 15) is 14.4 Å². The molecule has 1 unspecified atom stereocenters. The average molecular weight is 1160 g/mol. The third-order valence-electron chi connectivity index (χ3n) is 15.9. The Balaban J connectivity index is 4.30. The predicted octanol–water partition coefficient (Wildman–Crippen LogP) is 25.0. The Bertz CT molecular complexity index is 1570. The Morgan fingerprint density at radius 3 is 0.747 bits per heavy atom. The minimum Gasteiger partial charge on any atom is -0.462 e. The van der Waals surface area contributed by atoms with E-state index in [1.165, 1.54) is 238 Å². The number of hydrogen-bond acceptors (Lipinski definition) is 6. The third kappa shape index (κ3) is 69.3.